The molecule has 1 aromatic rings. The van der Waals surface area contributed by atoms with Gasteiger partial charge in [-0.1, -0.05) is 0 Å². The van der Waals surface area contributed by atoms with Gasteiger partial charge in [-0.25, -0.2) is 9.78 Å². The first-order valence-electron chi connectivity index (χ1n) is 4.62. The molecule has 5 nitrogen and oxygen atoms in total. The number of hydrogen-bond acceptors (Lipinski definition) is 4. The third-order valence-corrected chi connectivity index (χ3v) is 2.69. The van der Waals surface area contributed by atoms with Crippen LogP contribution in [-0.4, -0.2) is 39.5 Å². The van der Waals surface area contributed by atoms with Gasteiger partial charge in [0.15, 0.2) is 10.5 Å². The van der Waals surface area contributed by atoms with Gasteiger partial charge in [0.2, 0.25) is 0 Å². The number of aromatic amines is 1. The maximum absolute atomic E-state index is 11.0. The van der Waals surface area contributed by atoms with Crippen molar-refractivity contribution in [3.05, 3.63) is 21.7 Å². The molecule has 1 aliphatic heterocycles. The number of rotatable bonds is 1. The van der Waals surface area contributed by atoms with Gasteiger partial charge in [0, 0.05) is 30.8 Å². The normalized spacial score (nSPS) is 16.1. The smallest absolute Gasteiger partial charge is 0.355 e. The zero-order chi connectivity index (χ0) is 11.0. The summed E-state index contributed by atoms with van der Waals surface area (Å²) in [5, 5.41) is 9.01. The van der Waals surface area contributed by atoms with E-state index in [9.17, 15) is 4.79 Å². The second-order valence-electron chi connectivity index (χ2n) is 3.64. The summed E-state index contributed by atoms with van der Waals surface area (Å²) in [4.78, 5) is 19.9. The molecule has 0 spiro atoms. The van der Waals surface area contributed by atoms with Crippen LogP contribution >= 0.6 is 12.2 Å². The molecule has 0 atom stereocenters. The number of hydrogen-bond donors (Lipinski definition) is 2. The fourth-order valence-electron chi connectivity index (χ4n) is 1.76. The van der Waals surface area contributed by atoms with Gasteiger partial charge in [0.1, 0.15) is 0 Å². The molecular weight excluding hydrogens is 214 g/mol. The number of H-pyrrole nitrogens is 1. The van der Waals surface area contributed by atoms with Crippen LogP contribution in [0.25, 0.3) is 0 Å². The summed E-state index contributed by atoms with van der Waals surface area (Å²) >= 11 is 4.89. The zero-order valence-corrected chi connectivity index (χ0v) is 9.10. The van der Waals surface area contributed by atoms with Gasteiger partial charge < -0.3 is 15.0 Å². The minimum atomic E-state index is -1.01. The lowest BCUT2D eigenvalue weighted by atomic mass is 10.0. The minimum Gasteiger partial charge on any atom is -0.476 e. The highest BCUT2D eigenvalue weighted by atomic mass is 32.1. The third kappa shape index (κ3) is 1.91. The molecule has 0 bridgehead atoms. The van der Waals surface area contributed by atoms with E-state index in [1.807, 2.05) is 7.05 Å². The SMILES string of the molecule is CN1CCc2[nH]c(=S)nc(C(=O)O)c2C1. The molecule has 15 heavy (non-hydrogen) atoms. The zero-order valence-electron chi connectivity index (χ0n) is 8.28. The lowest BCUT2D eigenvalue weighted by Gasteiger charge is -2.25. The van der Waals surface area contributed by atoms with Crippen molar-refractivity contribution in [1.29, 1.82) is 0 Å². The number of carbonyl (C=O) groups is 1. The molecule has 0 unspecified atom stereocenters. The Hall–Kier alpha value is -1.27. The lowest BCUT2D eigenvalue weighted by molar-refractivity contribution is 0.0686. The third-order valence-electron chi connectivity index (χ3n) is 2.50. The standard InChI is InChI=1S/C9H11N3O2S/c1-12-3-2-6-5(4-12)7(8(13)14)11-9(15)10-6/h2-4H2,1H3,(H,13,14)(H,10,11,15). The predicted molar refractivity (Wildman–Crippen MR) is 56.4 cm³/mol. The van der Waals surface area contributed by atoms with E-state index in [2.05, 4.69) is 14.9 Å². The summed E-state index contributed by atoms with van der Waals surface area (Å²) in [5.74, 6) is -1.01. The molecular formula is C9H11N3O2S. The van der Waals surface area contributed by atoms with Gasteiger partial charge in [0.05, 0.1) is 0 Å². The van der Waals surface area contributed by atoms with Crippen LogP contribution in [0.1, 0.15) is 21.7 Å². The number of aromatic carboxylic acids is 1. The minimum absolute atomic E-state index is 0.0836. The molecule has 80 valence electrons. The van der Waals surface area contributed by atoms with Crippen molar-refractivity contribution in [3.8, 4) is 0 Å². The van der Waals surface area contributed by atoms with Crippen LogP contribution in [0.3, 0.4) is 0 Å². The molecule has 0 saturated heterocycles. The maximum Gasteiger partial charge on any atom is 0.355 e. The van der Waals surface area contributed by atoms with Crippen molar-refractivity contribution in [3.63, 3.8) is 0 Å². The Morgan fingerprint density at radius 1 is 1.67 bits per heavy atom. The van der Waals surface area contributed by atoms with Crippen LogP contribution < -0.4 is 0 Å². The van der Waals surface area contributed by atoms with Gasteiger partial charge in [0.25, 0.3) is 0 Å². The topological polar surface area (TPSA) is 69.2 Å². The molecule has 6 heteroatoms. The monoisotopic (exact) mass is 225 g/mol. The van der Waals surface area contributed by atoms with Crippen molar-refractivity contribution in [2.45, 2.75) is 13.0 Å². The molecule has 2 rings (SSSR count). The Bertz CT molecular complexity index is 469. The number of aromatic nitrogens is 2. The highest BCUT2D eigenvalue weighted by Crippen LogP contribution is 2.18. The Morgan fingerprint density at radius 3 is 3.07 bits per heavy atom. The highest BCUT2D eigenvalue weighted by molar-refractivity contribution is 7.71. The second-order valence-corrected chi connectivity index (χ2v) is 4.03. The molecule has 0 radical (unpaired) electrons. The van der Waals surface area contributed by atoms with Crippen molar-refractivity contribution in [1.82, 2.24) is 14.9 Å². The molecule has 0 fully saturated rings. The second kappa shape index (κ2) is 3.71. The van der Waals surface area contributed by atoms with Crippen LogP contribution in [0.4, 0.5) is 0 Å². The number of carboxylic acids is 1. The lowest BCUT2D eigenvalue weighted by Crippen LogP contribution is -2.29. The van der Waals surface area contributed by atoms with Crippen molar-refractivity contribution in [2.75, 3.05) is 13.6 Å². The molecule has 0 aliphatic carbocycles. The molecule has 0 saturated carbocycles. The quantitative estimate of drug-likeness (QED) is 0.693. The van der Waals surface area contributed by atoms with E-state index in [0.29, 0.717) is 6.54 Å². The first kappa shape index (κ1) is 10.3. The van der Waals surface area contributed by atoms with Crippen LogP contribution in [0.15, 0.2) is 0 Å². The van der Waals surface area contributed by atoms with E-state index in [1.54, 1.807) is 0 Å². The van der Waals surface area contributed by atoms with Gasteiger partial charge in [-0.2, -0.15) is 0 Å². The number of likely N-dealkylation sites (N-methyl/N-ethyl adjacent to an activating group) is 1. The molecule has 2 N–H and O–H groups in total. The van der Waals surface area contributed by atoms with Crippen molar-refractivity contribution in [2.24, 2.45) is 0 Å². The van der Waals surface area contributed by atoms with Gasteiger partial charge in [-0.15, -0.1) is 0 Å². The number of nitrogens with one attached hydrogen (secondary N) is 1. The van der Waals surface area contributed by atoms with Crippen molar-refractivity contribution >= 4 is 18.2 Å². The molecule has 1 aliphatic rings. The predicted octanol–water partition coefficient (Wildman–Crippen LogP) is 0.825. The average molecular weight is 225 g/mol. The van der Waals surface area contributed by atoms with Crippen LogP contribution in [-0.2, 0) is 13.0 Å². The van der Waals surface area contributed by atoms with Gasteiger partial charge >= 0.3 is 5.97 Å². The van der Waals surface area contributed by atoms with Crippen molar-refractivity contribution < 1.29 is 9.90 Å². The summed E-state index contributed by atoms with van der Waals surface area (Å²) in [6.45, 7) is 1.51. The maximum atomic E-state index is 11.0. The number of carboxylic acid groups (broad SMARTS) is 1. The Morgan fingerprint density at radius 2 is 2.40 bits per heavy atom. The van der Waals surface area contributed by atoms with E-state index in [0.717, 1.165) is 24.2 Å². The largest absolute Gasteiger partial charge is 0.476 e. The van der Waals surface area contributed by atoms with E-state index in [-0.39, 0.29) is 10.5 Å². The van der Waals surface area contributed by atoms with Gasteiger partial charge in [-0.05, 0) is 19.3 Å². The van der Waals surface area contributed by atoms with Gasteiger partial charge in [-0.3, -0.25) is 0 Å². The summed E-state index contributed by atoms with van der Waals surface area (Å²) in [7, 11) is 1.95. The van der Waals surface area contributed by atoms with E-state index >= 15 is 0 Å². The number of nitrogens with zero attached hydrogens (tertiary/aromatic N) is 2. The average Bonchev–Trinajstić information content (AvgIpc) is 2.17. The fraction of sp³-hybridized carbons (Fsp3) is 0.444. The summed E-state index contributed by atoms with van der Waals surface area (Å²) in [5.41, 5.74) is 1.75. The summed E-state index contributed by atoms with van der Waals surface area (Å²) in [6.07, 6.45) is 0.790. The molecule has 2 heterocycles. The first-order chi connectivity index (χ1) is 7.08. The van der Waals surface area contributed by atoms with E-state index in [1.165, 1.54) is 0 Å². The number of fused-ring (bicyclic) bond motifs is 1. The molecule has 0 aromatic carbocycles. The summed E-state index contributed by atoms with van der Waals surface area (Å²) < 4.78 is 0.246. The molecule has 0 amide bonds. The highest BCUT2D eigenvalue weighted by Gasteiger charge is 2.21. The van der Waals surface area contributed by atoms with Crippen LogP contribution in [0, 0.1) is 4.77 Å². The van der Waals surface area contributed by atoms with Crippen LogP contribution in [0.5, 0.6) is 0 Å². The fourth-order valence-corrected chi connectivity index (χ4v) is 1.97. The van der Waals surface area contributed by atoms with E-state index < -0.39 is 5.97 Å². The Balaban J connectivity index is 2.60. The van der Waals surface area contributed by atoms with Crippen LogP contribution in [0.2, 0.25) is 0 Å². The molecule has 1 aromatic heterocycles. The summed E-state index contributed by atoms with van der Waals surface area (Å²) in [6, 6.07) is 0. The first-order valence-corrected chi connectivity index (χ1v) is 5.02. The Labute approximate surface area is 91.8 Å². The van der Waals surface area contributed by atoms with E-state index in [4.69, 9.17) is 17.3 Å². The Kier molecular flexibility index (Phi) is 2.54.